The van der Waals surface area contributed by atoms with E-state index in [0.29, 0.717) is 4.90 Å². The molecule has 1 aromatic carbocycles. The van der Waals surface area contributed by atoms with Crippen molar-refractivity contribution in [2.45, 2.75) is 13.1 Å². The fourth-order valence-corrected chi connectivity index (χ4v) is 1.28. The van der Waals surface area contributed by atoms with E-state index in [1.165, 1.54) is 13.1 Å². The quantitative estimate of drug-likeness (QED) is 0.389. The van der Waals surface area contributed by atoms with Gasteiger partial charge in [0.15, 0.2) is 6.19 Å². The zero-order valence-electron chi connectivity index (χ0n) is 9.77. The molecular formula is C12H9F3N2O2. The summed E-state index contributed by atoms with van der Waals surface area (Å²) in [5.74, 6) is -1.15. The van der Waals surface area contributed by atoms with Crippen LogP contribution in [-0.2, 0) is 11.0 Å². The lowest BCUT2D eigenvalue weighted by molar-refractivity contribution is -0.137. The Morgan fingerprint density at radius 1 is 1.37 bits per heavy atom. The highest BCUT2D eigenvalue weighted by Crippen LogP contribution is 2.30. The minimum absolute atomic E-state index is 0.0157. The van der Waals surface area contributed by atoms with E-state index in [9.17, 15) is 18.0 Å². The Kier molecular flexibility index (Phi) is 4.17. The molecule has 0 aromatic heterocycles. The smallest absolute Gasteiger partial charge is 0.416 e. The largest absolute Gasteiger partial charge is 0.512 e. The van der Waals surface area contributed by atoms with Crippen LogP contribution in [0.3, 0.4) is 0 Å². The van der Waals surface area contributed by atoms with Gasteiger partial charge in [-0.15, -0.1) is 0 Å². The first-order chi connectivity index (χ1) is 8.75. The van der Waals surface area contributed by atoms with Gasteiger partial charge in [0.2, 0.25) is 0 Å². The number of halogens is 3. The number of anilines is 1. The molecule has 7 heteroatoms. The summed E-state index contributed by atoms with van der Waals surface area (Å²) in [6, 6.07) is 3.54. The Balaban J connectivity index is 3.06. The second-order valence-corrected chi connectivity index (χ2v) is 3.60. The van der Waals surface area contributed by atoms with E-state index in [-0.39, 0.29) is 11.4 Å². The van der Waals surface area contributed by atoms with Gasteiger partial charge in [-0.25, -0.2) is 4.90 Å². The monoisotopic (exact) mass is 270 g/mol. The normalized spacial score (nSPS) is 11.8. The summed E-state index contributed by atoms with van der Waals surface area (Å²) in [5, 5.41) is 17.7. The number of rotatable bonds is 2. The number of alkyl halides is 3. The number of hydrogen-bond acceptors (Lipinski definition) is 3. The second kappa shape index (κ2) is 5.44. The molecular weight excluding hydrogens is 261 g/mol. The van der Waals surface area contributed by atoms with Crippen LogP contribution in [0.5, 0.6) is 0 Å². The summed E-state index contributed by atoms with van der Waals surface area (Å²) in [7, 11) is 0. The van der Waals surface area contributed by atoms with Crippen LogP contribution < -0.4 is 4.90 Å². The second-order valence-electron chi connectivity index (χ2n) is 3.60. The minimum Gasteiger partial charge on any atom is -0.512 e. The molecule has 0 aliphatic heterocycles. The Hall–Kier alpha value is -2.49. The van der Waals surface area contributed by atoms with Crippen molar-refractivity contribution >= 4 is 11.6 Å². The van der Waals surface area contributed by atoms with Crippen molar-refractivity contribution in [3.05, 3.63) is 41.7 Å². The topological polar surface area (TPSA) is 64.3 Å². The number of nitrogens with zero attached hydrogens (tertiary/aromatic N) is 2. The molecule has 0 unspecified atom stereocenters. The van der Waals surface area contributed by atoms with E-state index < -0.39 is 17.6 Å². The lowest BCUT2D eigenvalue weighted by Crippen LogP contribution is -2.23. The van der Waals surface area contributed by atoms with Gasteiger partial charge in [0, 0.05) is 6.08 Å². The highest BCUT2D eigenvalue weighted by molar-refractivity contribution is 6.03. The van der Waals surface area contributed by atoms with E-state index in [2.05, 4.69) is 0 Å². The highest BCUT2D eigenvalue weighted by atomic mass is 19.4. The Morgan fingerprint density at radius 3 is 2.26 bits per heavy atom. The number of aliphatic hydroxyl groups is 1. The summed E-state index contributed by atoms with van der Waals surface area (Å²) in [6.45, 7) is 1.24. The molecule has 0 radical (unpaired) electrons. The zero-order valence-corrected chi connectivity index (χ0v) is 9.77. The molecule has 0 aliphatic rings. The average Bonchev–Trinajstić information content (AvgIpc) is 2.28. The minimum atomic E-state index is -4.48. The fourth-order valence-electron chi connectivity index (χ4n) is 1.28. The lowest BCUT2D eigenvalue weighted by Gasteiger charge is -2.13. The SMILES string of the molecule is C/C(O)=C/C(=O)N(C#N)c1ccc(C(F)(F)F)cc1. The molecule has 1 aromatic rings. The van der Waals surface area contributed by atoms with Gasteiger partial charge in [0.05, 0.1) is 17.0 Å². The molecule has 0 saturated carbocycles. The molecule has 1 amide bonds. The first kappa shape index (κ1) is 14.6. The number of carbonyl (C=O) groups excluding carboxylic acids is 1. The number of aliphatic hydroxyl groups excluding tert-OH is 1. The third kappa shape index (κ3) is 3.74. The molecule has 0 heterocycles. The van der Waals surface area contributed by atoms with Crippen molar-refractivity contribution < 1.29 is 23.1 Å². The van der Waals surface area contributed by atoms with Crippen molar-refractivity contribution in [1.82, 2.24) is 0 Å². The van der Waals surface area contributed by atoms with Gasteiger partial charge < -0.3 is 5.11 Å². The molecule has 0 atom stereocenters. The summed E-state index contributed by atoms with van der Waals surface area (Å²) in [6.07, 6.45) is -2.16. The zero-order chi connectivity index (χ0) is 14.6. The maximum absolute atomic E-state index is 12.3. The van der Waals surface area contributed by atoms with Crippen molar-refractivity contribution in [1.29, 1.82) is 5.26 Å². The summed E-state index contributed by atoms with van der Waals surface area (Å²) >= 11 is 0. The Labute approximate surface area is 107 Å². The molecule has 0 saturated heterocycles. The summed E-state index contributed by atoms with van der Waals surface area (Å²) in [5.41, 5.74) is -0.895. The predicted octanol–water partition coefficient (Wildman–Crippen LogP) is 2.98. The van der Waals surface area contributed by atoms with E-state index in [1.807, 2.05) is 0 Å². The van der Waals surface area contributed by atoms with Gasteiger partial charge in [0.1, 0.15) is 0 Å². The number of hydrogen-bond donors (Lipinski definition) is 1. The number of carbonyl (C=O) groups is 1. The molecule has 1 N–H and O–H groups in total. The molecule has 0 spiro atoms. The van der Waals surface area contributed by atoms with Crippen molar-refractivity contribution in [2.24, 2.45) is 0 Å². The van der Waals surface area contributed by atoms with Gasteiger partial charge in [-0.2, -0.15) is 18.4 Å². The van der Waals surface area contributed by atoms with Gasteiger partial charge in [-0.05, 0) is 31.2 Å². The van der Waals surface area contributed by atoms with Crippen LogP contribution in [0.1, 0.15) is 12.5 Å². The fraction of sp³-hybridized carbons (Fsp3) is 0.167. The maximum Gasteiger partial charge on any atom is 0.416 e. The summed E-state index contributed by atoms with van der Waals surface area (Å²) < 4.78 is 37.0. The molecule has 1 rings (SSSR count). The predicted molar refractivity (Wildman–Crippen MR) is 60.9 cm³/mol. The van der Waals surface area contributed by atoms with Crippen LogP contribution >= 0.6 is 0 Å². The maximum atomic E-state index is 12.3. The third-order valence-corrected chi connectivity index (χ3v) is 2.11. The molecule has 0 bridgehead atoms. The van der Waals surface area contributed by atoms with Gasteiger partial charge in [0.25, 0.3) is 5.91 Å². The first-order valence-electron chi connectivity index (χ1n) is 5.04. The van der Waals surface area contributed by atoms with Crippen LogP contribution in [0.2, 0.25) is 0 Å². The molecule has 0 aliphatic carbocycles. The van der Waals surface area contributed by atoms with Crippen LogP contribution in [0, 0.1) is 11.5 Å². The Morgan fingerprint density at radius 2 is 1.89 bits per heavy atom. The average molecular weight is 270 g/mol. The standard InChI is InChI=1S/C12H9F3N2O2/c1-8(18)6-11(19)17(7-16)10-4-2-9(3-5-10)12(13,14)15/h2-6,18H,1H3/b8-6-. The lowest BCUT2D eigenvalue weighted by atomic mass is 10.2. The van der Waals surface area contributed by atoms with Crippen LogP contribution in [-0.4, -0.2) is 11.0 Å². The number of nitriles is 1. The Bertz CT molecular complexity index is 538. The van der Waals surface area contributed by atoms with Crippen molar-refractivity contribution in [3.63, 3.8) is 0 Å². The van der Waals surface area contributed by atoms with Crippen LogP contribution in [0.4, 0.5) is 18.9 Å². The third-order valence-electron chi connectivity index (χ3n) is 2.11. The molecule has 100 valence electrons. The summed E-state index contributed by atoms with van der Waals surface area (Å²) in [4.78, 5) is 12.1. The van der Waals surface area contributed by atoms with E-state index in [4.69, 9.17) is 10.4 Å². The van der Waals surface area contributed by atoms with Crippen molar-refractivity contribution in [3.8, 4) is 6.19 Å². The van der Waals surface area contributed by atoms with Crippen LogP contribution in [0.25, 0.3) is 0 Å². The highest BCUT2D eigenvalue weighted by Gasteiger charge is 2.30. The van der Waals surface area contributed by atoms with Gasteiger partial charge in [-0.3, -0.25) is 4.79 Å². The van der Waals surface area contributed by atoms with Crippen molar-refractivity contribution in [2.75, 3.05) is 4.90 Å². The molecule has 4 nitrogen and oxygen atoms in total. The van der Waals surface area contributed by atoms with E-state index in [1.54, 1.807) is 0 Å². The van der Waals surface area contributed by atoms with E-state index in [0.717, 1.165) is 30.3 Å². The van der Waals surface area contributed by atoms with E-state index >= 15 is 0 Å². The molecule has 19 heavy (non-hydrogen) atoms. The first-order valence-corrected chi connectivity index (χ1v) is 5.04. The van der Waals surface area contributed by atoms with Crippen LogP contribution in [0.15, 0.2) is 36.1 Å². The number of benzene rings is 1. The number of amides is 1. The molecule has 0 fully saturated rings. The van der Waals surface area contributed by atoms with Gasteiger partial charge in [-0.1, -0.05) is 0 Å². The van der Waals surface area contributed by atoms with Gasteiger partial charge >= 0.3 is 6.18 Å². The number of allylic oxidation sites excluding steroid dienone is 1.